The molecule has 194 valence electrons. The number of piperidine rings is 1. The van der Waals surface area contributed by atoms with E-state index in [2.05, 4.69) is 32.0 Å². The van der Waals surface area contributed by atoms with Gasteiger partial charge in [0, 0.05) is 48.7 Å². The lowest BCUT2D eigenvalue weighted by Gasteiger charge is -2.26. The van der Waals surface area contributed by atoms with Gasteiger partial charge in [-0.05, 0) is 61.3 Å². The summed E-state index contributed by atoms with van der Waals surface area (Å²) in [6.07, 6.45) is 13.0. The summed E-state index contributed by atoms with van der Waals surface area (Å²) < 4.78 is 15.3. The van der Waals surface area contributed by atoms with E-state index in [0.717, 1.165) is 69.6 Å². The predicted octanol–water partition coefficient (Wildman–Crippen LogP) is 5.76. The zero-order valence-electron chi connectivity index (χ0n) is 21.6. The summed E-state index contributed by atoms with van der Waals surface area (Å²) in [5.74, 6) is 0.360. The Hall–Kier alpha value is -4.50. The van der Waals surface area contributed by atoms with Crippen molar-refractivity contribution in [2.45, 2.75) is 25.8 Å². The third-order valence-electron chi connectivity index (χ3n) is 7.46. The van der Waals surface area contributed by atoms with Crippen LogP contribution < -0.4 is 0 Å². The molecule has 1 N–H and O–H groups in total. The number of nitrogens with one attached hydrogen (secondary N) is 1. The van der Waals surface area contributed by atoms with E-state index in [0.29, 0.717) is 5.82 Å². The van der Waals surface area contributed by atoms with E-state index in [4.69, 9.17) is 15.1 Å². The van der Waals surface area contributed by atoms with E-state index in [1.54, 1.807) is 24.5 Å². The quantitative estimate of drug-likeness (QED) is 0.312. The number of halogens is 1. The molecule has 8 nitrogen and oxygen atoms in total. The molecule has 0 spiro atoms. The van der Waals surface area contributed by atoms with Crippen LogP contribution in [0.2, 0.25) is 0 Å². The lowest BCUT2D eigenvalue weighted by atomic mass is 10.1. The Labute approximate surface area is 224 Å². The van der Waals surface area contributed by atoms with Gasteiger partial charge in [-0.25, -0.2) is 9.37 Å². The number of hydrogen-bond donors (Lipinski definition) is 1. The van der Waals surface area contributed by atoms with Crippen molar-refractivity contribution in [3.8, 4) is 33.9 Å². The lowest BCUT2D eigenvalue weighted by molar-refractivity contribution is 0.220. The smallest absolute Gasteiger partial charge is 0.159 e. The largest absolute Gasteiger partial charge is 0.335 e. The monoisotopic (exact) mass is 518 g/mol. The van der Waals surface area contributed by atoms with Crippen LogP contribution in [-0.4, -0.2) is 52.7 Å². The fourth-order valence-electron chi connectivity index (χ4n) is 5.46. The van der Waals surface area contributed by atoms with Crippen molar-refractivity contribution in [2.24, 2.45) is 7.05 Å². The zero-order valence-corrected chi connectivity index (χ0v) is 21.6. The van der Waals surface area contributed by atoms with Crippen LogP contribution in [0.3, 0.4) is 0 Å². The number of aromatic amines is 1. The first-order valence-corrected chi connectivity index (χ1v) is 13.2. The molecule has 0 atom stereocenters. The highest BCUT2D eigenvalue weighted by atomic mass is 19.1. The number of imidazole rings is 1. The van der Waals surface area contributed by atoms with Gasteiger partial charge < -0.3 is 4.98 Å². The van der Waals surface area contributed by atoms with Crippen molar-refractivity contribution < 1.29 is 4.39 Å². The minimum absolute atomic E-state index is 0.279. The van der Waals surface area contributed by atoms with E-state index in [1.807, 2.05) is 30.3 Å². The first-order chi connectivity index (χ1) is 19.1. The molecule has 1 aliphatic heterocycles. The normalized spacial score (nSPS) is 14.4. The summed E-state index contributed by atoms with van der Waals surface area (Å²) in [6.45, 7) is 3.19. The second kappa shape index (κ2) is 9.67. The molecule has 0 bridgehead atoms. The van der Waals surface area contributed by atoms with Gasteiger partial charge in [0.1, 0.15) is 11.5 Å². The van der Waals surface area contributed by atoms with Crippen LogP contribution in [0.5, 0.6) is 0 Å². The molecule has 0 aliphatic carbocycles. The van der Waals surface area contributed by atoms with Crippen LogP contribution in [0.1, 0.15) is 24.8 Å². The minimum Gasteiger partial charge on any atom is -0.335 e. The van der Waals surface area contributed by atoms with E-state index in [9.17, 15) is 4.39 Å². The van der Waals surface area contributed by atoms with E-state index >= 15 is 0 Å². The molecule has 0 amide bonds. The maximum absolute atomic E-state index is 13.5. The minimum atomic E-state index is -0.279. The zero-order chi connectivity index (χ0) is 26.3. The van der Waals surface area contributed by atoms with Crippen molar-refractivity contribution >= 4 is 21.9 Å². The van der Waals surface area contributed by atoms with Gasteiger partial charge in [0.2, 0.25) is 0 Å². The second-order valence-electron chi connectivity index (χ2n) is 10.2. The number of benzene rings is 1. The Morgan fingerprint density at radius 1 is 0.897 bits per heavy atom. The lowest BCUT2D eigenvalue weighted by Crippen LogP contribution is -2.29. The fourth-order valence-corrected chi connectivity index (χ4v) is 5.46. The molecule has 6 heterocycles. The maximum Gasteiger partial charge on any atom is 0.159 e. The average molecular weight is 519 g/mol. The number of nitrogens with zero attached hydrogens (tertiary/aromatic N) is 7. The average Bonchev–Trinajstić information content (AvgIpc) is 3.55. The second-order valence-corrected chi connectivity index (χ2v) is 10.2. The summed E-state index contributed by atoms with van der Waals surface area (Å²) in [5.41, 5.74) is 7.88. The summed E-state index contributed by atoms with van der Waals surface area (Å²) in [4.78, 5) is 24.5. The van der Waals surface area contributed by atoms with Crippen LogP contribution in [0, 0.1) is 5.82 Å². The summed E-state index contributed by atoms with van der Waals surface area (Å²) in [5, 5.41) is 5.73. The Kier molecular flexibility index (Phi) is 5.85. The number of H-pyrrole nitrogens is 1. The molecule has 6 aromatic rings. The number of hydrogen-bond acceptors (Lipinski definition) is 6. The SMILES string of the molecule is Cn1nc(-c2nc3c(-c4ccc(F)cc4)cncc3[nH]2)c2cc(-c3cncc(CN4CCCCC4)c3)ncc21. The standard InChI is InChI=1S/C30H27FN8/c1-38-27-17-34-25(21-11-19(13-32-14-21)18-39-9-3-2-4-10-39)12-23(27)29(37-38)30-35-26-16-33-15-24(28(26)36-30)20-5-7-22(31)8-6-20/h5-8,11-17H,2-4,9-10,18H2,1H3,(H,35,36). The Bertz CT molecular complexity index is 1800. The highest BCUT2D eigenvalue weighted by Gasteiger charge is 2.18. The summed E-state index contributed by atoms with van der Waals surface area (Å²) >= 11 is 0. The van der Waals surface area contributed by atoms with Crippen LogP contribution in [0.4, 0.5) is 4.39 Å². The van der Waals surface area contributed by atoms with Gasteiger partial charge in [-0.3, -0.25) is 24.5 Å². The third kappa shape index (κ3) is 4.44. The van der Waals surface area contributed by atoms with E-state index in [-0.39, 0.29) is 5.82 Å². The van der Waals surface area contributed by atoms with Crippen molar-refractivity contribution in [3.63, 3.8) is 0 Å². The molecule has 0 radical (unpaired) electrons. The predicted molar refractivity (Wildman–Crippen MR) is 149 cm³/mol. The molecule has 5 aromatic heterocycles. The van der Waals surface area contributed by atoms with Gasteiger partial charge in [0.15, 0.2) is 5.82 Å². The maximum atomic E-state index is 13.5. The van der Waals surface area contributed by atoms with Gasteiger partial charge in [0.05, 0.1) is 34.6 Å². The molecule has 1 aliphatic rings. The van der Waals surface area contributed by atoms with Gasteiger partial charge >= 0.3 is 0 Å². The Balaban J connectivity index is 1.28. The molecule has 9 heteroatoms. The van der Waals surface area contributed by atoms with Crippen LogP contribution in [-0.2, 0) is 13.6 Å². The number of rotatable bonds is 5. The molecule has 1 saturated heterocycles. The van der Waals surface area contributed by atoms with Crippen LogP contribution in [0.25, 0.3) is 55.8 Å². The first kappa shape index (κ1) is 23.6. The Morgan fingerprint density at radius 2 is 1.72 bits per heavy atom. The molecule has 1 aromatic carbocycles. The Morgan fingerprint density at radius 3 is 2.56 bits per heavy atom. The highest BCUT2D eigenvalue weighted by Crippen LogP contribution is 2.33. The van der Waals surface area contributed by atoms with Crippen LogP contribution in [0.15, 0.2) is 67.4 Å². The molecular formula is C30H27FN8. The van der Waals surface area contributed by atoms with Crippen molar-refractivity contribution in [2.75, 3.05) is 13.1 Å². The van der Waals surface area contributed by atoms with E-state index in [1.165, 1.54) is 37.0 Å². The molecular weight excluding hydrogens is 491 g/mol. The summed E-state index contributed by atoms with van der Waals surface area (Å²) in [7, 11) is 1.90. The number of likely N-dealkylation sites (tertiary alicyclic amines) is 1. The van der Waals surface area contributed by atoms with Crippen LogP contribution >= 0.6 is 0 Å². The van der Waals surface area contributed by atoms with Crippen molar-refractivity contribution in [1.82, 2.24) is 39.6 Å². The van der Waals surface area contributed by atoms with Gasteiger partial charge in [0.25, 0.3) is 0 Å². The topological polar surface area (TPSA) is 88.4 Å². The highest BCUT2D eigenvalue weighted by molar-refractivity contribution is 5.97. The van der Waals surface area contributed by atoms with Gasteiger partial charge in [-0.1, -0.05) is 18.6 Å². The molecule has 1 fully saturated rings. The third-order valence-corrected chi connectivity index (χ3v) is 7.46. The number of aromatic nitrogens is 7. The first-order valence-electron chi connectivity index (χ1n) is 13.2. The van der Waals surface area contributed by atoms with E-state index < -0.39 is 0 Å². The number of aryl methyl sites for hydroxylation is 1. The number of fused-ring (bicyclic) bond motifs is 2. The van der Waals surface area contributed by atoms with Gasteiger partial charge in [-0.15, -0.1) is 0 Å². The number of pyridine rings is 3. The summed E-state index contributed by atoms with van der Waals surface area (Å²) in [6, 6.07) is 10.6. The van der Waals surface area contributed by atoms with Crippen molar-refractivity contribution in [1.29, 1.82) is 0 Å². The molecule has 39 heavy (non-hydrogen) atoms. The fraction of sp³-hybridized carbons (Fsp3) is 0.233. The van der Waals surface area contributed by atoms with Crippen molar-refractivity contribution in [3.05, 3.63) is 78.8 Å². The molecule has 7 rings (SSSR count). The molecule has 0 unspecified atom stereocenters. The van der Waals surface area contributed by atoms with Gasteiger partial charge in [-0.2, -0.15) is 5.10 Å². The molecule has 0 saturated carbocycles.